The average Bonchev–Trinajstić information content (AvgIpc) is 3.00. The molecule has 24 heavy (non-hydrogen) atoms. The van der Waals surface area contributed by atoms with E-state index in [0.29, 0.717) is 6.54 Å². The maximum atomic E-state index is 13.2. The quantitative estimate of drug-likeness (QED) is 0.819. The van der Waals surface area contributed by atoms with Crippen molar-refractivity contribution in [1.82, 2.24) is 19.8 Å². The molecule has 1 aromatic heterocycles. The summed E-state index contributed by atoms with van der Waals surface area (Å²) in [5.74, 6) is 0.177. The van der Waals surface area contributed by atoms with Gasteiger partial charge < -0.3 is 14.6 Å². The molecular formula is C17H28N4O2S. The maximum Gasteiger partial charge on any atom is 0.240 e. The zero-order valence-corrected chi connectivity index (χ0v) is 15.5. The number of nitrogens with one attached hydrogen (secondary N) is 1. The van der Waals surface area contributed by atoms with Gasteiger partial charge >= 0.3 is 0 Å². The number of carbonyl (C=O) groups excluding carboxylic acids is 1. The van der Waals surface area contributed by atoms with Crippen LogP contribution >= 0.6 is 11.8 Å². The first-order valence-corrected chi connectivity index (χ1v) is 10.1. The van der Waals surface area contributed by atoms with Crippen molar-refractivity contribution in [3.05, 3.63) is 11.9 Å². The molecule has 1 saturated heterocycles. The summed E-state index contributed by atoms with van der Waals surface area (Å²) >= 11 is 1.62. The van der Waals surface area contributed by atoms with Gasteiger partial charge in [-0.25, -0.2) is 4.98 Å². The topological polar surface area (TPSA) is 59.4 Å². The molecule has 1 saturated carbocycles. The molecule has 0 unspecified atom stereocenters. The van der Waals surface area contributed by atoms with Crippen molar-refractivity contribution in [3.8, 4) is 0 Å². The fourth-order valence-electron chi connectivity index (χ4n) is 3.93. The van der Waals surface area contributed by atoms with E-state index in [0.717, 1.165) is 62.8 Å². The molecule has 1 aromatic rings. The predicted molar refractivity (Wildman–Crippen MR) is 95.0 cm³/mol. The van der Waals surface area contributed by atoms with Gasteiger partial charge in [-0.05, 0) is 19.1 Å². The number of carbonyl (C=O) groups is 1. The molecule has 1 amide bonds. The van der Waals surface area contributed by atoms with Gasteiger partial charge in [0.1, 0.15) is 5.54 Å². The Bertz CT molecular complexity index is 563. The molecule has 3 rings (SSSR count). The van der Waals surface area contributed by atoms with Crippen LogP contribution in [0, 0.1) is 0 Å². The normalized spacial score (nSPS) is 21.6. The lowest BCUT2D eigenvalue weighted by atomic mass is 9.79. The summed E-state index contributed by atoms with van der Waals surface area (Å²) in [5, 5.41) is 4.17. The highest BCUT2D eigenvalue weighted by molar-refractivity contribution is 7.98. The third kappa shape index (κ3) is 3.48. The molecule has 0 bridgehead atoms. The van der Waals surface area contributed by atoms with E-state index in [-0.39, 0.29) is 11.4 Å². The van der Waals surface area contributed by atoms with E-state index in [4.69, 9.17) is 4.74 Å². The van der Waals surface area contributed by atoms with E-state index in [1.807, 2.05) is 24.1 Å². The molecule has 1 aliphatic carbocycles. The molecule has 6 nitrogen and oxygen atoms in total. The molecular weight excluding hydrogens is 324 g/mol. The van der Waals surface area contributed by atoms with Crippen LogP contribution in [0.15, 0.2) is 11.4 Å². The number of rotatable bonds is 5. The van der Waals surface area contributed by atoms with Gasteiger partial charge in [-0.2, -0.15) is 0 Å². The molecule has 2 aliphatic rings. The average molecular weight is 353 g/mol. The lowest BCUT2D eigenvalue weighted by Gasteiger charge is -2.46. The van der Waals surface area contributed by atoms with Gasteiger partial charge in [0.15, 0.2) is 5.16 Å². The van der Waals surface area contributed by atoms with Crippen LogP contribution < -0.4 is 5.32 Å². The molecule has 1 aliphatic heterocycles. The van der Waals surface area contributed by atoms with Crippen LogP contribution in [0.25, 0.3) is 0 Å². The standard InChI is InChI=1S/C17H28N4O2S/c1-20-14(13-19-16(20)24-2)12-18-15(22)17(6-4-3-5-7-17)21-8-10-23-11-9-21/h13H,3-12H2,1-2H3,(H,18,22). The van der Waals surface area contributed by atoms with E-state index in [9.17, 15) is 4.79 Å². The number of aromatic nitrogens is 2. The highest BCUT2D eigenvalue weighted by Crippen LogP contribution is 2.34. The second-order valence-corrected chi connectivity index (χ2v) is 7.44. The Balaban J connectivity index is 1.70. The van der Waals surface area contributed by atoms with Gasteiger partial charge in [0.05, 0.1) is 31.6 Å². The SMILES string of the molecule is CSc1ncc(CNC(=O)C2(N3CCOCC3)CCCCC2)n1C. The Morgan fingerprint density at radius 3 is 2.67 bits per heavy atom. The highest BCUT2D eigenvalue weighted by Gasteiger charge is 2.44. The Morgan fingerprint density at radius 1 is 1.33 bits per heavy atom. The molecule has 0 spiro atoms. The van der Waals surface area contributed by atoms with E-state index >= 15 is 0 Å². The zero-order chi connectivity index (χ0) is 17.0. The molecule has 134 valence electrons. The monoisotopic (exact) mass is 352 g/mol. The molecule has 1 N–H and O–H groups in total. The molecule has 0 radical (unpaired) electrons. The number of imidazole rings is 1. The fraction of sp³-hybridized carbons (Fsp3) is 0.765. The van der Waals surface area contributed by atoms with E-state index < -0.39 is 0 Å². The number of hydrogen-bond donors (Lipinski definition) is 1. The van der Waals surface area contributed by atoms with Crippen molar-refractivity contribution < 1.29 is 9.53 Å². The lowest BCUT2D eigenvalue weighted by molar-refractivity contribution is -0.140. The van der Waals surface area contributed by atoms with Gasteiger partial charge in [-0.3, -0.25) is 9.69 Å². The van der Waals surface area contributed by atoms with Crippen molar-refractivity contribution in [3.63, 3.8) is 0 Å². The van der Waals surface area contributed by atoms with Crippen molar-refractivity contribution in [2.45, 2.75) is 49.3 Å². The minimum absolute atomic E-state index is 0.177. The van der Waals surface area contributed by atoms with Crippen LogP contribution in [0.4, 0.5) is 0 Å². The van der Waals surface area contributed by atoms with Crippen LogP contribution in [0.2, 0.25) is 0 Å². The summed E-state index contributed by atoms with van der Waals surface area (Å²) < 4.78 is 7.54. The van der Waals surface area contributed by atoms with Crippen LogP contribution in [0.1, 0.15) is 37.8 Å². The Hall–Kier alpha value is -1.05. The van der Waals surface area contributed by atoms with Gasteiger partial charge in [0.2, 0.25) is 5.91 Å². The van der Waals surface area contributed by atoms with Crippen LogP contribution in [0.5, 0.6) is 0 Å². The molecule has 0 atom stereocenters. The molecule has 2 heterocycles. The lowest BCUT2D eigenvalue weighted by Crippen LogP contribution is -2.62. The van der Waals surface area contributed by atoms with E-state index in [2.05, 4.69) is 15.2 Å². The van der Waals surface area contributed by atoms with Crippen LogP contribution in [-0.4, -0.2) is 58.5 Å². The number of hydrogen-bond acceptors (Lipinski definition) is 5. The summed E-state index contributed by atoms with van der Waals surface area (Å²) in [7, 11) is 2.00. The maximum absolute atomic E-state index is 13.2. The van der Waals surface area contributed by atoms with E-state index in [1.54, 1.807) is 11.8 Å². The summed E-state index contributed by atoms with van der Waals surface area (Å²) in [6.07, 6.45) is 9.29. The second kappa shape index (κ2) is 7.89. The number of ether oxygens (including phenoxy) is 1. The first kappa shape index (κ1) is 17.8. The minimum atomic E-state index is -0.344. The number of thioether (sulfide) groups is 1. The summed E-state index contributed by atoms with van der Waals surface area (Å²) in [4.78, 5) is 19.9. The Labute approximate surface area is 148 Å². The Morgan fingerprint density at radius 2 is 2.04 bits per heavy atom. The van der Waals surface area contributed by atoms with Crippen molar-refractivity contribution in [1.29, 1.82) is 0 Å². The first-order valence-electron chi connectivity index (χ1n) is 8.83. The van der Waals surface area contributed by atoms with Gasteiger partial charge in [0, 0.05) is 20.1 Å². The number of amides is 1. The molecule has 0 aromatic carbocycles. The second-order valence-electron chi connectivity index (χ2n) is 6.67. The van der Waals surface area contributed by atoms with Crippen LogP contribution in [-0.2, 0) is 23.1 Å². The number of morpholine rings is 1. The van der Waals surface area contributed by atoms with Gasteiger partial charge in [-0.1, -0.05) is 31.0 Å². The third-order valence-corrected chi connectivity index (χ3v) is 6.12. The highest BCUT2D eigenvalue weighted by atomic mass is 32.2. The predicted octanol–water partition coefficient (Wildman–Crippen LogP) is 1.79. The zero-order valence-electron chi connectivity index (χ0n) is 14.7. The van der Waals surface area contributed by atoms with Crippen LogP contribution in [0.3, 0.4) is 0 Å². The van der Waals surface area contributed by atoms with Crippen molar-refractivity contribution >= 4 is 17.7 Å². The van der Waals surface area contributed by atoms with Gasteiger partial charge in [0.25, 0.3) is 0 Å². The van der Waals surface area contributed by atoms with E-state index in [1.165, 1.54) is 6.42 Å². The summed E-state index contributed by atoms with van der Waals surface area (Å²) in [6, 6.07) is 0. The first-order chi connectivity index (χ1) is 11.7. The largest absolute Gasteiger partial charge is 0.379 e. The Kier molecular flexibility index (Phi) is 5.84. The summed E-state index contributed by atoms with van der Waals surface area (Å²) in [5.41, 5.74) is 0.698. The third-order valence-electron chi connectivity index (χ3n) is 5.37. The molecule has 2 fully saturated rings. The van der Waals surface area contributed by atoms with Gasteiger partial charge in [-0.15, -0.1) is 0 Å². The fourth-order valence-corrected chi connectivity index (χ4v) is 4.48. The minimum Gasteiger partial charge on any atom is -0.379 e. The summed E-state index contributed by atoms with van der Waals surface area (Å²) in [6.45, 7) is 3.71. The smallest absolute Gasteiger partial charge is 0.240 e. The number of nitrogens with zero attached hydrogens (tertiary/aromatic N) is 3. The molecule has 7 heteroatoms. The van der Waals surface area contributed by atoms with Crippen molar-refractivity contribution in [2.75, 3.05) is 32.6 Å². The van der Waals surface area contributed by atoms with Crippen molar-refractivity contribution in [2.24, 2.45) is 7.05 Å².